The van der Waals surface area contributed by atoms with E-state index in [1.54, 1.807) is 6.08 Å². The van der Waals surface area contributed by atoms with Crippen LogP contribution in [-0.4, -0.2) is 24.1 Å². The van der Waals surface area contributed by atoms with E-state index in [0.717, 1.165) is 60.8 Å². The molecule has 11 rings (SSSR count). The van der Waals surface area contributed by atoms with Crippen LogP contribution in [0.15, 0.2) is 211 Å². The quantitative estimate of drug-likeness (QED) is 0.136. The van der Waals surface area contributed by atoms with E-state index in [2.05, 4.69) is 144 Å². The highest BCUT2D eigenvalue weighted by atomic mass is 32.2. The van der Waals surface area contributed by atoms with E-state index in [1.807, 2.05) is 86.3 Å². The molecule has 0 saturated carbocycles. The van der Waals surface area contributed by atoms with Gasteiger partial charge in [0.15, 0.2) is 11.6 Å². The Kier molecular flexibility index (Phi) is 9.44. The molecule has 7 aromatic carbocycles. The average molecular weight is 828 g/mol. The molecule has 0 atom stereocenters. The topological polar surface area (TPSA) is 48.5 Å². The van der Waals surface area contributed by atoms with Gasteiger partial charge in [-0.1, -0.05) is 152 Å². The Bertz CT molecular complexity index is 3650. The van der Waals surface area contributed by atoms with E-state index >= 15 is 0 Å². The normalized spacial score (nSPS) is 13.0. The van der Waals surface area contributed by atoms with Gasteiger partial charge in [-0.2, -0.15) is 9.97 Å². The van der Waals surface area contributed by atoms with Crippen LogP contribution in [0.5, 0.6) is 0 Å². The minimum Gasteiger partial charge on any atom is -0.309 e. The Morgan fingerprint density at radius 1 is 0.571 bits per heavy atom. The average Bonchev–Trinajstić information content (AvgIpc) is 3.83. The lowest BCUT2D eigenvalue weighted by molar-refractivity contribution is 0.932. The van der Waals surface area contributed by atoms with Crippen LogP contribution in [-0.2, 0) is 0 Å². The van der Waals surface area contributed by atoms with Gasteiger partial charge in [-0.3, -0.25) is 4.57 Å². The summed E-state index contributed by atoms with van der Waals surface area (Å²) >= 11 is 1.84. The first kappa shape index (κ1) is 38.1. The summed E-state index contributed by atoms with van der Waals surface area (Å²) in [6, 6.07) is 50.3. The molecule has 0 fully saturated rings. The number of aromatic nitrogens is 5. The monoisotopic (exact) mass is 827 g/mol. The van der Waals surface area contributed by atoms with Crippen LogP contribution < -0.4 is 0 Å². The molecular formula is C57H41N5S. The van der Waals surface area contributed by atoms with Gasteiger partial charge in [0.1, 0.15) is 0 Å². The predicted octanol–water partition coefficient (Wildman–Crippen LogP) is 15.4. The van der Waals surface area contributed by atoms with Crippen molar-refractivity contribution >= 4 is 77.4 Å². The van der Waals surface area contributed by atoms with E-state index in [1.165, 1.54) is 42.5 Å². The van der Waals surface area contributed by atoms with E-state index in [-0.39, 0.29) is 0 Å². The first-order valence-electron chi connectivity index (χ1n) is 21.2. The van der Waals surface area contributed by atoms with Crippen molar-refractivity contribution in [3.05, 3.63) is 207 Å². The number of benzene rings is 7. The Labute approximate surface area is 370 Å². The van der Waals surface area contributed by atoms with Gasteiger partial charge in [0.2, 0.25) is 5.95 Å². The molecule has 300 valence electrons. The number of hydrogen-bond donors (Lipinski definition) is 0. The zero-order valence-electron chi connectivity index (χ0n) is 35.0. The van der Waals surface area contributed by atoms with Gasteiger partial charge >= 0.3 is 0 Å². The molecule has 0 spiro atoms. The minimum absolute atomic E-state index is 0.548. The maximum Gasteiger partial charge on any atom is 0.238 e. The molecule has 0 radical (unpaired) electrons. The maximum absolute atomic E-state index is 5.26. The molecule has 4 heterocycles. The molecule has 3 aromatic heterocycles. The lowest BCUT2D eigenvalue weighted by Gasteiger charge is -2.20. The third-order valence-electron chi connectivity index (χ3n) is 11.9. The molecule has 0 saturated heterocycles. The SMILES string of the molecule is C=C/C=C(\C=C/C)c1nc(-c2ccccc2)nc(-n2c3ccc(-c4ccc5c(c4)c4ccccc4n5/C(C=C)=C/C=C\C)cc3c3cc4c(cc32)-c2cccc3cccc(c23)S4)n1. The highest BCUT2D eigenvalue weighted by Crippen LogP contribution is 2.50. The first-order valence-corrected chi connectivity index (χ1v) is 22.0. The van der Waals surface area contributed by atoms with Crippen molar-refractivity contribution in [2.24, 2.45) is 0 Å². The van der Waals surface area contributed by atoms with Crippen molar-refractivity contribution in [2.75, 3.05) is 0 Å². The Morgan fingerprint density at radius 2 is 1.30 bits per heavy atom. The van der Waals surface area contributed by atoms with Gasteiger partial charge in [-0.05, 0) is 102 Å². The molecule has 0 unspecified atom stereocenters. The number of fused-ring (bicyclic) bond motifs is 8. The van der Waals surface area contributed by atoms with E-state index in [9.17, 15) is 0 Å². The van der Waals surface area contributed by atoms with Crippen LogP contribution in [0.2, 0.25) is 0 Å². The van der Waals surface area contributed by atoms with Crippen molar-refractivity contribution in [3.63, 3.8) is 0 Å². The molecule has 1 aliphatic heterocycles. The van der Waals surface area contributed by atoms with Gasteiger partial charge < -0.3 is 4.57 Å². The second kappa shape index (κ2) is 15.6. The second-order valence-electron chi connectivity index (χ2n) is 15.6. The van der Waals surface area contributed by atoms with E-state index in [0.29, 0.717) is 17.6 Å². The van der Waals surface area contributed by atoms with Crippen molar-refractivity contribution in [1.29, 1.82) is 0 Å². The Balaban J connectivity index is 1.19. The number of para-hydroxylation sites is 1. The maximum atomic E-state index is 5.26. The van der Waals surface area contributed by atoms with Crippen molar-refractivity contribution < 1.29 is 0 Å². The fourth-order valence-electron chi connectivity index (χ4n) is 9.15. The number of hydrogen-bond acceptors (Lipinski definition) is 4. The Hall–Kier alpha value is -7.80. The third kappa shape index (κ3) is 6.29. The summed E-state index contributed by atoms with van der Waals surface area (Å²) in [6.45, 7) is 12.2. The summed E-state index contributed by atoms with van der Waals surface area (Å²) in [7, 11) is 0. The number of allylic oxidation sites excluding steroid dienone is 10. The summed E-state index contributed by atoms with van der Waals surface area (Å²) in [4.78, 5) is 18.1. The zero-order valence-corrected chi connectivity index (χ0v) is 35.8. The zero-order chi connectivity index (χ0) is 42.6. The molecule has 0 bridgehead atoms. The highest BCUT2D eigenvalue weighted by molar-refractivity contribution is 7.99. The van der Waals surface area contributed by atoms with Gasteiger partial charge in [-0.25, -0.2) is 4.98 Å². The fourth-order valence-corrected chi connectivity index (χ4v) is 10.3. The molecule has 0 N–H and O–H groups in total. The lowest BCUT2D eigenvalue weighted by atomic mass is 9.96. The Morgan fingerprint density at radius 3 is 2.08 bits per heavy atom. The molecular weight excluding hydrogens is 787 g/mol. The number of nitrogens with zero attached hydrogens (tertiary/aromatic N) is 5. The first-order chi connectivity index (χ1) is 31.1. The van der Waals surface area contributed by atoms with Gasteiger partial charge in [0.05, 0.1) is 22.1 Å². The molecule has 1 aliphatic rings. The van der Waals surface area contributed by atoms with Crippen LogP contribution in [0, 0.1) is 0 Å². The highest BCUT2D eigenvalue weighted by Gasteiger charge is 2.25. The van der Waals surface area contributed by atoms with Gasteiger partial charge in [-0.15, -0.1) is 0 Å². The molecule has 0 aliphatic carbocycles. The summed E-state index contributed by atoms with van der Waals surface area (Å²) in [5.41, 5.74) is 11.8. The van der Waals surface area contributed by atoms with Crippen molar-refractivity contribution in [2.45, 2.75) is 23.6 Å². The molecule has 10 aromatic rings. The molecule has 5 nitrogen and oxygen atoms in total. The molecule has 0 amide bonds. The summed E-state index contributed by atoms with van der Waals surface area (Å²) in [5, 5.41) is 7.16. The van der Waals surface area contributed by atoms with E-state index in [4.69, 9.17) is 15.0 Å². The second-order valence-corrected chi connectivity index (χ2v) is 16.7. The smallest absolute Gasteiger partial charge is 0.238 e. The third-order valence-corrected chi connectivity index (χ3v) is 13.1. The minimum atomic E-state index is 0.548. The van der Waals surface area contributed by atoms with Crippen molar-refractivity contribution in [3.8, 4) is 39.6 Å². The van der Waals surface area contributed by atoms with Gasteiger partial charge in [0, 0.05) is 53.6 Å². The lowest BCUT2D eigenvalue weighted by Crippen LogP contribution is -2.08. The summed E-state index contributed by atoms with van der Waals surface area (Å²) in [6.07, 6.45) is 15.9. The molecule has 6 heteroatoms. The van der Waals surface area contributed by atoms with Crippen LogP contribution in [0.25, 0.3) is 105 Å². The van der Waals surface area contributed by atoms with Gasteiger partial charge in [0.25, 0.3) is 0 Å². The largest absolute Gasteiger partial charge is 0.309 e. The molecule has 63 heavy (non-hydrogen) atoms. The van der Waals surface area contributed by atoms with Crippen LogP contribution in [0.1, 0.15) is 19.7 Å². The predicted molar refractivity (Wildman–Crippen MR) is 267 cm³/mol. The van der Waals surface area contributed by atoms with Crippen LogP contribution in [0.3, 0.4) is 0 Å². The fraction of sp³-hybridized carbons (Fsp3) is 0.0351. The van der Waals surface area contributed by atoms with Crippen LogP contribution in [0.4, 0.5) is 0 Å². The summed E-state index contributed by atoms with van der Waals surface area (Å²) in [5.74, 6) is 1.72. The number of rotatable bonds is 9. The van der Waals surface area contributed by atoms with Crippen LogP contribution >= 0.6 is 11.8 Å². The standard InChI is InChI=1S/C57H41N5S/c1-5-9-23-41(8-4)61-48-26-14-13-24-42(48)44-32-39(28-30-49(44)61)40-29-31-50-45(33-40)46-35-53-47(43-25-15-21-36-22-16-27-52(63-53)54(36)43)34-51(46)62(50)57-59-55(37(17-6-2)18-7-3)58-56(60-57)38-19-11-10-12-20-38/h5-35H,2,4H2,1,3H3/b9-5-,18-7-,37-17+,41-23+. The summed E-state index contributed by atoms with van der Waals surface area (Å²) < 4.78 is 4.53. The van der Waals surface area contributed by atoms with E-state index < -0.39 is 0 Å². The van der Waals surface area contributed by atoms with Crippen molar-refractivity contribution in [1.82, 2.24) is 24.1 Å².